The first-order chi connectivity index (χ1) is 6.65. The second-order valence-electron chi connectivity index (χ2n) is 2.59. The van der Waals surface area contributed by atoms with Gasteiger partial charge < -0.3 is 5.32 Å². The van der Waals surface area contributed by atoms with E-state index in [9.17, 15) is 4.79 Å². The third-order valence-electron chi connectivity index (χ3n) is 1.64. The van der Waals surface area contributed by atoms with E-state index in [4.69, 9.17) is 23.2 Å². The summed E-state index contributed by atoms with van der Waals surface area (Å²) in [5.41, 5.74) is 0.725. The Kier molecular flexibility index (Phi) is 3.98. The van der Waals surface area contributed by atoms with Gasteiger partial charge in [-0.05, 0) is 17.7 Å². The van der Waals surface area contributed by atoms with Crippen molar-refractivity contribution in [2.45, 2.75) is 0 Å². The van der Waals surface area contributed by atoms with Crippen LogP contribution < -0.4 is 5.32 Å². The molecule has 0 heterocycles. The number of amides is 1. The summed E-state index contributed by atoms with van der Waals surface area (Å²) >= 11 is 11.7. The summed E-state index contributed by atoms with van der Waals surface area (Å²) in [6.07, 6.45) is 3.02. The summed E-state index contributed by atoms with van der Waals surface area (Å²) in [6, 6.07) is 5.26. The smallest absolute Gasteiger partial charge is 0.243 e. The van der Waals surface area contributed by atoms with Crippen molar-refractivity contribution in [3.05, 3.63) is 39.9 Å². The van der Waals surface area contributed by atoms with Gasteiger partial charge in [-0.3, -0.25) is 4.79 Å². The number of carbonyl (C=O) groups is 1. The molecule has 14 heavy (non-hydrogen) atoms. The molecular formula is C10H9Cl2NO. The Morgan fingerprint density at radius 1 is 1.43 bits per heavy atom. The Balaban J connectivity index is 2.92. The van der Waals surface area contributed by atoms with Crippen molar-refractivity contribution in [3.63, 3.8) is 0 Å². The van der Waals surface area contributed by atoms with Crippen LogP contribution in [0.5, 0.6) is 0 Å². The Hall–Kier alpha value is -0.990. The number of nitrogens with one attached hydrogen (secondary N) is 1. The van der Waals surface area contributed by atoms with Crippen LogP contribution in [0.4, 0.5) is 0 Å². The highest BCUT2D eigenvalue weighted by molar-refractivity contribution is 6.42. The maximum absolute atomic E-state index is 10.9. The number of carbonyl (C=O) groups excluding carboxylic acids is 1. The predicted molar refractivity (Wildman–Crippen MR) is 59.6 cm³/mol. The molecule has 1 aromatic rings. The van der Waals surface area contributed by atoms with Gasteiger partial charge in [0, 0.05) is 13.1 Å². The van der Waals surface area contributed by atoms with Gasteiger partial charge in [0.2, 0.25) is 5.91 Å². The quantitative estimate of drug-likeness (QED) is 0.777. The molecule has 0 aromatic heterocycles. The minimum absolute atomic E-state index is 0.180. The summed E-state index contributed by atoms with van der Waals surface area (Å²) in [5.74, 6) is -0.180. The Morgan fingerprint density at radius 2 is 2.14 bits per heavy atom. The minimum atomic E-state index is -0.180. The highest BCUT2D eigenvalue weighted by atomic mass is 35.5. The molecule has 0 aliphatic rings. The van der Waals surface area contributed by atoms with E-state index in [2.05, 4.69) is 5.32 Å². The van der Waals surface area contributed by atoms with Gasteiger partial charge in [-0.1, -0.05) is 35.3 Å². The largest absolute Gasteiger partial charge is 0.356 e. The molecular weight excluding hydrogens is 221 g/mol. The summed E-state index contributed by atoms with van der Waals surface area (Å²) in [5, 5.41) is 3.40. The number of rotatable bonds is 2. The monoisotopic (exact) mass is 229 g/mol. The number of benzene rings is 1. The standard InChI is InChI=1S/C10H9Cl2NO/c1-13-9(14)6-5-7-3-2-4-8(11)10(7)12/h2-6H,1H3,(H,13,14)/b6-5+. The van der Waals surface area contributed by atoms with Gasteiger partial charge in [0.1, 0.15) is 0 Å². The van der Waals surface area contributed by atoms with Crippen LogP contribution in [0, 0.1) is 0 Å². The predicted octanol–water partition coefficient (Wildman–Crippen LogP) is 2.75. The van der Waals surface area contributed by atoms with E-state index in [1.165, 1.54) is 6.08 Å². The molecule has 0 saturated carbocycles. The molecule has 0 radical (unpaired) electrons. The molecule has 0 atom stereocenters. The first-order valence-corrected chi connectivity index (χ1v) is 4.74. The molecule has 0 unspecified atom stereocenters. The first-order valence-electron chi connectivity index (χ1n) is 3.99. The lowest BCUT2D eigenvalue weighted by atomic mass is 10.2. The summed E-state index contributed by atoms with van der Waals surface area (Å²) in [4.78, 5) is 10.9. The first kappa shape index (κ1) is 11.1. The summed E-state index contributed by atoms with van der Waals surface area (Å²) < 4.78 is 0. The van der Waals surface area contributed by atoms with Crippen LogP contribution in [0.3, 0.4) is 0 Å². The van der Waals surface area contributed by atoms with Crippen LogP contribution in [-0.4, -0.2) is 13.0 Å². The summed E-state index contributed by atoms with van der Waals surface area (Å²) in [7, 11) is 1.56. The van der Waals surface area contributed by atoms with Gasteiger partial charge in [-0.2, -0.15) is 0 Å². The van der Waals surface area contributed by atoms with E-state index in [1.807, 2.05) is 0 Å². The highest BCUT2D eigenvalue weighted by Crippen LogP contribution is 2.26. The molecule has 0 aliphatic heterocycles. The zero-order valence-electron chi connectivity index (χ0n) is 7.55. The van der Waals surface area contributed by atoms with Crippen molar-refractivity contribution < 1.29 is 4.79 Å². The zero-order valence-corrected chi connectivity index (χ0v) is 9.06. The molecule has 4 heteroatoms. The minimum Gasteiger partial charge on any atom is -0.356 e. The average Bonchev–Trinajstić information content (AvgIpc) is 2.20. The van der Waals surface area contributed by atoms with Crippen LogP contribution in [0.1, 0.15) is 5.56 Å². The van der Waals surface area contributed by atoms with Crippen molar-refractivity contribution in [1.82, 2.24) is 5.32 Å². The Bertz CT molecular complexity index is 374. The van der Waals surface area contributed by atoms with E-state index in [1.54, 1.807) is 31.3 Å². The van der Waals surface area contributed by atoms with E-state index in [0.717, 1.165) is 5.56 Å². The van der Waals surface area contributed by atoms with Crippen LogP contribution in [0.2, 0.25) is 10.0 Å². The van der Waals surface area contributed by atoms with Gasteiger partial charge in [-0.25, -0.2) is 0 Å². The number of hydrogen-bond donors (Lipinski definition) is 1. The molecule has 1 aromatic carbocycles. The number of hydrogen-bond acceptors (Lipinski definition) is 1. The third-order valence-corrected chi connectivity index (χ3v) is 2.48. The molecule has 1 N–H and O–H groups in total. The second kappa shape index (κ2) is 5.03. The molecule has 1 rings (SSSR count). The van der Waals surface area contributed by atoms with E-state index in [0.29, 0.717) is 10.0 Å². The van der Waals surface area contributed by atoms with Crippen molar-refractivity contribution in [2.24, 2.45) is 0 Å². The van der Waals surface area contributed by atoms with Gasteiger partial charge in [0.05, 0.1) is 10.0 Å². The van der Waals surface area contributed by atoms with Crippen LogP contribution in [0.15, 0.2) is 24.3 Å². The van der Waals surface area contributed by atoms with Gasteiger partial charge in [-0.15, -0.1) is 0 Å². The SMILES string of the molecule is CNC(=O)/C=C/c1cccc(Cl)c1Cl. The fourth-order valence-electron chi connectivity index (χ4n) is 0.898. The van der Waals surface area contributed by atoms with Crippen molar-refractivity contribution in [2.75, 3.05) is 7.05 Å². The molecule has 2 nitrogen and oxygen atoms in total. The Labute approximate surface area is 92.5 Å². The lowest BCUT2D eigenvalue weighted by Gasteiger charge is -1.99. The van der Waals surface area contributed by atoms with Crippen LogP contribution in [0.25, 0.3) is 6.08 Å². The normalized spacial score (nSPS) is 10.5. The van der Waals surface area contributed by atoms with Crippen LogP contribution >= 0.6 is 23.2 Å². The van der Waals surface area contributed by atoms with Crippen molar-refractivity contribution in [3.8, 4) is 0 Å². The van der Waals surface area contributed by atoms with E-state index < -0.39 is 0 Å². The van der Waals surface area contributed by atoms with E-state index >= 15 is 0 Å². The molecule has 0 saturated heterocycles. The molecule has 0 bridgehead atoms. The maximum Gasteiger partial charge on any atom is 0.243 e. The molecule has 1 amide bonds. The average molecular weight is 230 g/mol. The van der Waals surface area contributed by atoms with Gasteiger partial charge in [0.15, 0.2) is 0 Å². The second-order valence-corrected chi connectivity index (χ2v) is 3.38. The molecule has 0 aliphatic carbocycles. The van der Waals surface area contributed by atoms with E-state index in [-0.39, 0.29) is 5.91 Å². The molecule has 74 valence electrons. The highest BCUT2D eigenvalue weighted by Gasteiger charge is 2.00. The number of likely N-dealkylation sites (N-methyl/N-ethyl adjacent to an activating group) is 1. The Morgan fingerprint density at radius 3 is 2.79 bits per heavy atom. The zero-order chi connectivity index (χ0) is 10.6. The maximum atomic E-state index is 10.9. The van der Waals surface area contributed by atoms with Crippen LogP contribution in [-0.2, 0) is 4.79 Å². The topological polar surface area (TPSA) is 29.1 Å². The van der Waals surface area contributed by atoms with Gasteiger partial charge in [0.25, 0.3) is 0 Å². The van der Waals surface area contributed by atoms with Crippen molar-refractivity contribution >= 4 is 35.2 Å². The number of halogens is 2. The molecule has 0 spiro atoms. The van der Waals surface area contributed by atoms with Crippen molar-refractivity contribution in [1.29, 1.82) is 0 Å². The third kappa shape index (κ3) is 2.76. The fourth-order valence-corrected chi connectivity index (χ4v) is 1.27. The fraction of sp³-hybridized carbons (Fsp3) is 0.100. The van der Waals surface area contributed by atoms with Gasteiger partial charge >= 0.3 is 0 Å². The lowest BCUT2D eigenvalue weighted by Crippen LogP contribution is -2.13. The molecule has 0 fully saturated rings. The summed E-state index contributed by atoms with van der Waals surface area (Å²) in [6.45, 7) is 0. The lowest BCUT2D eigenvalue weighted by molar-refractivity contribution is -0.115.